The average molecular weight is 212 g/mol. The smallest absolute Gasteiger partial charge is 0.229 e. The van der Waals surface area contributed by atoms with E-state index in [-0.39, 0.29) is 6.10 Å². The first-order chi connectivity index (χ1) is 7.25. The molecule has 0 spiro atoms. The maximum atomic E-state index is 9.17. The van der Waals surface area contributed by atoms with Gasteiger partial charge in [-0.1, -0.05) is 5.16 Å². The molecule has 1 N–H and O–H groups in total. The van der Waals surface area contributed by atoms with E-state index in [0.717, 1.165) is 25.9 Å². The second kappa shape index (κ2) is 4.72. The third-order valence-corrected chi connectivity index (χ3v) is 2.42. The Hall–Kier alpha value is -0.940. The number of hydrogen-bond acceptors (Lipinski definition) is 5. The van der Waals surface area contributed by atoms with Crippen LogP contribution in [0.2, 0.25) is 0 Å². The summed E-state index contributed by atoms with van der Waals surface area (Å²) in [7, 11) is 0. The van der Waals surface area contributed by atoms with Crippen LogP contribution in [0.1, 0.15) is 44.0 Å². The van der Waals surface area contributed by atoms with E-state index >= 15 is 0 Å². The lowest BCUT2D eigenvalue weighted by Crippen LogP contribution is -2.13. The molecule has 0 saturated carbocycles. The van der Waals surface area contributed by atoms with Gasteiger partial charge >= 0.3 is 0 Å². The monoisotopic (exact) mass is 212 g/mol. The van der Waals surface area contributed by atoms with Gasteiger partial charge in [-0.2, -0.15) is 4.98 Å². The molecule has 84 valence electrons. The van der Waals surface area contributed by atoms with Gasteiger partial charge in [-0.05, 0) is 26.2 Å². The Morgan fingerprint density at radius 3 is 3.07 bits per heavy atom. The van der Waals surface area contributed by atoms with E-state index in [0.29, 0.717) is 18.1 Å². The van der Waals surface area contributed by atoms with E-state index in [1.54, 1.807) is 6.92 Å². The van der Waals surface area contributed by atoms with Crippen LogP contribution in [-0.4, -0.2) is 28.0 Å². The van der Waals surface area contributed by atoms with Crippen LogP contribution in [0.25, 0.3) is 0 Å². The highest BCUT2D eigenvalue weighted by Crippen LogP contribution is 2.25. The summed E-state index contributed by atoms with van der Waals surface area (Å²) in [6.07, 6.45) is 3.13. The first kappa shape index (κ1) is 10.6. The largest absolute Gasteiger partial charge is 0.393 e. The molecule has 1 saturated heterocycles. The second-order valence-electron chi connectivity index (χ2n) is 3.95. The standard InChI is InChI=1S/C10H16N2O3/c1-7(13)6-9-11-10(12-15-9)8-4-2-3-5-14-8/h7-8,13H,2-6H2,1H3. The maximum Gasteiger partial charge on any atom is 0.229 e. The first-order valence-corrected chi connectivity index (χ1v) is 5.38. The molecule has 2 rings (SSSR count). The summed E-state index contributed by atoms with van der Waals surface area (Å²) in [5, 5.41) is 13.0. The molecule has 0 aliphatic carbocycles. The average Bonchev–Trinajstić information content (AvgIpc) is 2.67. The number of aliphatic hydroxyl groups is 1. The van der Waals surface area contributed by atoms with Crippen LogP contribution < -0.4 is 0 Å². The molecule has 2 unspecified atom stereocenters. The molecule has 2 atom stereocenters. The lowest BCUT2D eigenvalue weighted by atomic mass is 10.1. The van der Waals surface area contributed by atoms with Crippen LogP contribution in [0.3, 0.4) is 0 Å². The molecular weight excluding hydrogens is 196 g/mol. The normalized spacial score (nSPS) is 24.0. The molecule has 15 heavy (non-hydrogen) atoms. The van der Waals surface area contributed by atoms with Gasteiger partial charge < -0.3 is 14.4 Å². The zero-order valence-electron chi connectivity index (χ0n) is 8.85. The molecule has 5 heteroatoms. The van der Waals surface area contributed by atoms with Crippen molar-refractivity contribution in [3.8, 4) is 0 Å². The topological polar surface area (TPSA) is 68.4 Å². The van der Waals surface area contributed by atoms with Crippen molar-refractivity contribution in [3.05, 3.63) is 11.7 Å². The lowest BCUT2D eigenvalue weighted by molar-refractivity contribution is 0.00821. The zero-order chi connectivity index (χ0) is 10.7. The van der Waals surface area contributed by atoms with Gasteiger partial charge in [-0.15, -0.1) is 0 Å². The molecule has 1 aliphatic heterocycles. The van der Waals surface area contributed by atoms with Crippen LogP contribution >= 0.6 is 0 Å². The van der Waals surface area contributed by atoms with E-state index in [4.69, 9.17) is 14.4 Å². The zero-order valence-corrected chi connectivity index (χ0v) is 8.85. The molecular formula is C10H16N2O3. The van der Waals surface area contributed by atoms with E-state index in [1.807, 2.05) is 0 Å². The molecule has 0 bridgehead atoms. The minimum absolute atomic E-state index is 0.0229. The molecule has 1 aromatic rings. The summed E-state index contributed by atoms with van der Waals surface area (Å²) >= 11 is 0. The minimum Gasteiger partial charge on any atom is -0.393 e. The van der Waals surface area contributed by atoms with Crippen LogP contribution in [0.4, 0.5) is 0 Å². The van der Waals surface area contributed by atoms with Gasteiger partial charge in [0.25, 0.3) is 0 Å². The summed E-state index contributed by atoms with van der Waals surface area (Å²) in [5.74, 6) is 1.10. The van der Waals surface area contributed by atoms with Crippen LogP contribution in [0.5, 0.6) is 0 Å². The molecule has 0 amide bonds. The van der Waals surface area contributed by atoms with Crippen molar-refractivity contribution < 1.29 is 14.4 Å². The van der Waals surface area contributed by atoms with Gasteiger partial charge in [0.2, 0.25) is 11.7 Å². The summed E-state index contributed by atoms with van der Waals surface area (Å²) in [4.78, 5) is 4.21. The van der Waals surface area contributed by atoms with Crippen molar-refractivity contribution in [2.24, 2.45) is 0 Å². The summed E-state index contributed by atoms with van der Waals surface area (Å²) in [6.45, 7) is 2.46. The predicted molar refractivity (Wildman–Crippen MR) is 52.2 cm³/mol. The summed E-state index contributed by atoms with van der Waals surface area (Å²) in [5.41, 5.74) is 0. The fourth-order valence-electron chi connectivity index (χ4n) is 1.68. The maximum absolute atomic E-state index is 9.17. The van der Waals surface area contributed by atoms with Crippen LogP contribution in [0, 0.1) is 0 Å². The third kappa shape index (κ3) is 2.76. The molecule has 1 aromatic heterocycles. The highest BCUT2D eigenvalue weighted by atomic mass is 16.5. The Balaban J connectivity index is 1.99. The van der Waals surface area contributed by atoms with Crippen molar-refractivity contribution >= 4 is 0 Å². The van der Waals surface area contributed by atoms with Crippen molar-refractivity contribution in [3.63, 3.8) is 0 Å². The summed E-state index contributed by atoms with van der Waals surface area (Å²) in [6, 6.07) is 0. The van der Waals surface area contributed by atoms with E-state index < -0.39 is 6.10 Å². The number of ether oxygens (including phenoxy) is 1. The second-order valence-corrected chi connectivity index (χ2v) is 3.95. The highest BCUT2D eigenvalue weighted by molar-refractivity contribution is 4.93. The van der Waals surface area contributed by atoms with Crippen molar-refractivity contribution in [2.45, 2.75) is 44.8 Å². The number of aliphatic hydroxyl groups excluding tert-OH is 1. The highest BCUT2D eigenvalue weighted by Gasteiger charge is 2.21. The Bertz CT molecular complexity index is 305. The minimum atomic E-state index is -0.453. The predicted octanol–water partition coefficient (Wildman–Crippen LogP) is 1.23. The van der Waals surface area contributed by atoms with Gasteiger partial charge in [-0.3, -0.25) is 0 Å². The molecule has 0 aromatic carbocycles. The Labute approximate surface area is 88.4 Å². The van der Waals surface area contributed by atoms with Crippen molar-refractivity contribution in [1.29, 1.82) is 0 Å². The lowest BCUT2D eigenvalue weighted by Gasteiger charge is -2.18. The summed E-state index contributed by atoms with van der Waals surface area (Å²) < 4.78 is 10.6. The van der Waals surface area contributed by atoms with Crippen LogP contribution in [0.15, 0.2) is 4.52 Å². The first-order valence-electron chi connectivity index (χ1n) is 5.38. The quantitative estimate of drug-likeness (QED) is 0.816. The third-order valence-electron chi connectivity index (χ3n) is 2.42. The fourth-order valence-corrected chi connectivity index (χ4v) is 1.68. The van der Waals surface area contributed by atoms with Gasteiger partial charge in [0.1, 0.15) is 6.10 Å². The van der Waals surface area contributed by atoms with Gasteiger partial charge in [0.05, 0.1) is 12.5 Å². The molecule has 1 fully saturated rings. The number of aromatic nitrogens is 2. The van der Waals surface area contributed by atoms with Crippen LogP contribution in [-0.2, 0) is 11.2 Å². The molecule has 5 nitrogen and oxygen atoms in total. The van der Waals surface area contributed by atoms with Gasteiger partial charge in [0, 0.05) is 6.61 Å². The van der Waals surface area contributed by atoms with E-state index in [2.05, 4.69) is 10.1 Å². The Morgan fingerprint density at radius 1 is 1.53 bits per heavy atom. The Kier molecular flexibility index (Phi) is 3.33. The number of rotatable bonds is 3. The molecule has 0 radical (unpaired) electrons. The van der Waals surface area contributed by atoms with Crippen molar-refractivity contribution in [1.82, 2.24) is 10.1 Å². The van der Waals surface area contributed by atoms with Gasteiger partial charge in [-0.25, -0.2) is 0 Å². The van der Waals surface area contributed by atoms with Crippen molar-refractivity contribution in [2.75, 3.05) is 6.61 Å². The Morgan fingerprint density at radius 2 is 2.40 bits per heavy atom. The van der Waals surface area contributed by atoms with E-state index in [1.165, 1.54) is 0 Å². The molecule has 2 heterocycles. The number of nitrogens with zero attached hydrogens (tertiary/aromatic N) is 2. The number of hydrogen-bond donors (Lipinski definition) is 1. The van der Waals surface area contributed by atoms with E-state index in [9.17, 15) is 0 Å². The van der Waals surface area contributed by atoms with Gasteiger partial charge in [0.15, 0.2) is 0 Å². The molecule has 1 aliphatic rings. The fraction of sp³-hybridized carbons (Fsp3) is 0.800. The SMILES string of the molecule is CC(O)Cc1nc(C2CCCCO2)no1.